The molecule has 0 aliphatic heterocycles. The fourth-order valence-corrected chi connectivity index (χ4v) is 2.39. The van der Waals surface area contributed by atoms with Gasteiger partial charge >= 0.3 is 0 Å². The van der Waals surface area contributed by atoms with Gasteiger partial charge in [-0.2, -0.15) is 0 Å². The zero-order valence-corrected chi connectivity index (χ0v) is 9.95. The van der Waals surface area contributed by atoms with Crippen molar-refractivity contribution in [1.29, 1.82) is 0 Å². The van der Waals surface area contributed by atoms with Crippen LogP contribution in [0.4, 0.5) is 0 Å². The van der Waals surface area contributed by atoms with Crippen molar-refractivity contribution in [2.24, 2.45) is 0 Å². The van der Waals surface area contributed by atoms with Gasteiger partial charge < -0.3 is 4.74 Å². The van der Waals surface area contributed by atoms with E-state index in [-0.39, 0.29) is 5.41 Å². The summed E-state index contributed by atoms with van der Waals surface area (Å²) in [5, 5.41) is 0. The van der Waals surface area contributed by atoms with Gasteiger partial charge in [-0.1, -0.05) is 19.1 Å². The number of Topliss-reactive ketones (excluding diaryl/α,β-unsaturated/α-hetero) is 1. The molecular weight excluding hydrogens is 200 g/mol. The van der Waals surface area contributed by atoms with Crippen LogP contribution < -0.4 is 4.74 Å². The maximum absolute atomic E-state index is 11.4. The first-order valence-electron chi connectivity index (χ1n) is 5.89. The second-order valence-corrected chi connectivity index (χ2v) is 4.73. The largest absolute Gasteiger partial charge is 0.494 e. The molecule has 2 nitrogen and oxygen atoms in total. The van der Waals surface area contributed by atoms with Crippen LogP contribution in [-0.2, 0) is 10.2 Å². The summed E-state index contributed by atoms with van der Waals surface area (Å²) >= 11 is 0. The number of benzene rings is 1. The molecule has 0 aromatic heterocycles. The minimum atomic E-state index is 0.0435. The molecule has 1 fully saturated rings. The zero-order chi connectivity index (χ0) is 11.6. The molecule has 1 aromatic rings. The third kappa shape index (κ3) is 2.11. The predicted octanol–water partition coefficient (Wildman–Crippen LogP) is 3.10. The van der Waals surface area contributed by atoms with Crippen molar-refractivity contribution in [2.75, 3.05) is 6.61 Å². The third-order valence-electron chi connectivity index (χ3n) is 3.41. The number of carbonyl (C=O) groups is 1. The molecule has 0 spiro atoms. The van der Waals surface area contributed by atoms with E-state index in [1.165, 1.54) is 5.56 Å². The first kappa shape index (κ1) is 11.2. The van der Waals surface area contributed by atoms with Gasteiger partial charge in [-0.05, 0) is 36.5 Å². The van der Waals surface area contributed by atoms with Gasteiger partial charge in [0.1, 0.15) is 11.5 Å². The quantitative estimate of drug-likeness (QED) is 0.779. The molecule has 0 N–H and O–H groups in total. The summed E-state index contributed by atoms with van der Waals surface area (Å²) < 4.78 is 5.41. The standard InChI is InChI=1S/C14H18O2/c1-3-16-13-6-4-11(5-7-13)14(2)9-8-12(15)10-14/h4-7H,3,8-10H2,1-2H3. The molecule has 2 heteroatoms. The Bertz CT molecular complexity index is 380. The lowest BCUT2D eigenvalue weighted by Crippen LogP contribution is -2.17. The van der Waals surface area contributed by atoms with Gasteiger partial charge in [0.15, 0.2) is 0 Å². The molecule has 1 aromatic carbocycles. The summed E-state index contributed by atoms with van der Waals surface area (Å²) in [5.41, 5.74) is 1.30. The lowest BCUT2D eigenvalue weighted by atomic mass is 9.81. The Morgan fingerprint density at radius 2 is 2.00 bits per heavy atom. The van der Waals surface area contributed by atoms with Crippen LogP contribution in [0, 0.1) is 0 Å². The van der Waals surface area contributed by atoms with Crippen molar-refractivity contribution in [1.82, 2.24) is 0 Å². The smallest absolute Gasteiger partial charge is 0.133 e. The van der Waals surface area contributed by atoms with Crippen LogP contribution >= 0.6 is 0 Å². The number of hydrogen-bond acceptors (Lipinski definition) is 2. The van der Waals surface area contributed by atoms with Crippen LogP contribution in [0.25, 0.3) is 0 Å². The second kappa shape index (κ2) is 4.28. The van der Waals surface area contributed by atoms with Gasteiger partial charge in [-0.3, -0.25) is 4.79 Å². The van der Waals surface area contributed by atoms with Gasteiger partial charge in [-0.25, -0.2) is 0 Å². The van der Waals surface area contributed by atoms with E-state index in [4.69, 9.17) is 4.74 Å². The number of hydrogen-bond donors (Lipinski definition) is 0. The minimum Gasteiger partial charge on any atom is -0.494 e. The fourth-order valence-electron chi connectivity index (χ4n) is 2.39. The molecule has 1 aliphatic rings. The Kier molecular flexibility index (Phi) is 2.99. The van der Waals surface area contributed by atoms with E-state index >= 15 is 0 Å². The van der Waals surface area contributed by atoms with E-state index in [1.807, 2.05) is 19.1 Å². The summed E-state index contributed by atoms with van der Waals surface area (Å²) in [6.45, 7) is 4.84. The molecular formula is C14H18O2. The highest BCUT2D eigenvalue weighted by Crippen LogP contribution is 2.39. The second-order valence-electron chi connectivity index (χ2n) is 4.73. The van der Waals surface area contributed by atoms with Crippen LogP contribution in [0.5, 0.6) is 5.75 Å². The van der Waals surface area contributed by atoms with Gasteiger partial charge in [-0.15, -0.1) is 0 Å². The van der Waals surface area contributed by atoms with Crippen molar-refractivity contribution in [3.63, 3.8) is 0 Å². The number of rotatable bonds is 3. The number of carbonyl (C=O) groups excluding carboxylic acids is 1. The number of ketones is 1. The molecule has 0 amide bonds. The van der Waals surface area contributed by atoms with Crippen molar-refractivity contribution in [2.45, 2.75) is 38.5 Å². The molecule has 1 unspecified atom stereocenters. The molecule has 0 saturated heterocycles. The molecule has 0 heterocycles. The Morgan fingerprint density at radius 3 is 2.50 bits per heavy atom. The molecule has 0 radical (unpaired) electrons. The van der Waals surface area contributed by atoms with Crippen molar-refractivity contribution < 1.29 is 9.53 Å². The van der Waals surface area contributed by atoms with E-state index in [0.717, 1.165) is 18.6 Å². The average Bonchev–Trinajstić information content (AvgIpc) is 2.61. The van der Waals surface area contributed by atoms with Crippen molar-refractivity contribution in [3.05, 3.63) is 29.8 Å². The molecule has 0 bridgehead atoms. The maximum atomic E-state index is 11.4. The van der Waals surface area contributed by atoms with Gasteiger partial charge in [0.25, 0.3) is 0 Å². The molecule has 86 valence electrons. The zero-order valence-electron chi connectivity index (χ0n) is 9.95. The Labute approximate surface area is 96.6 Å². The summed E-state index contributed by atoms with van der Waals surface area (Å²) in [5.74, 6) is 1.29. The van der Waals surface area contributed by atoms with Crippen LogP contribution in [0.15, 0.2) is 24.3 Å². The summed E-state index contributed by atoms with van der Waals surface area (Å²) in [6, 6.07) is 8.16. The maximum Gasteiger partial charge on any atom is 0.133 e. The van der Waals surface area contributed by atoms with Gasteiger partial charge in [0.2, 0.25) is 0 Å². The summed E-state index contributed by atoms with van der Waals surface area (Å²) in [6.07, 6.45) is 2.38. The first-order valence-corrected chi connectivity index (χ1v) is 5.89. The highest BCUT2D eigenvalue weighted by atomic mass is 16.5. The van der Waals surface area contributed by atoms with E-state index in [0.29, 0.717) is 18.8 Å². The van der Waals surface area contributed by atoms with Crippen molar-refractivity contribution >= 4 is 5.78 Å². The lowest BCUT2D eigenvalue weighted by Gasteiger charge is -2.23. The Hall–Kier alpha value is -1.31. The molecule has 1 aliphatic carbocycles. The normalized spacial score (nSPS) is 24.8. The van der Waals surface area contributed by atoms with Gasteiger partial charge in [0, 0.05) is 12.8 Å². The SMILES string of the molecule is CCOc1ccc(C2(C)CCC(=O)C2)cc1. The highest BCUT2D eigenvalue weighted by molar-refractivity contribution is 5.82. The van der Waals surface area contributed by atoms with Crippen LogP contribution in [0.2, 0.25) is 0 Å². The van der Waals surface area contributed by atoms with Crippen molar-refractivity contribution in [3.8, 4) is 5.75 Å². The van der Waals surface area contributed by atoms with E-state index in [2.05, 4.69) is 19.1 Å². The average molecular weight is 218 g/mol. The molecule has 2 rings (SSSR count). The van der Waals surface area contributed by atoms with Crippen LogP contribution in [0.3, 0.4) is 0 Å². The van der Waals surface area contributed by atoms with E-state index in [9.17, 15) is 4.79 Å². The monoisotopic (exact) mass is 218 g/mol. The summed E-state index contributed by atoms with van der Waals surface area (Å²) in [4.78, 5) is 11.4. The topological polar surface area (TPSA) is 26.3 Å². The molecule has 16 heavy (non-hydrogen) atoms. The lowest BCUT2D eigenvalue weighted by molar-refractivity contribution is -0.117. The molecule has 1 saturated carbocycles. The van der Waals surface area contributed by atoms with Crippen LogP contribution in [-0.4, -0.2) is 12.4 Å². The number of ether oxygens (including phenoxy) is 1. The predicted molar refractivity (Wildman–Crippen MR) is 63.8 cm³/mol. The first-order chi connectivity index (χ1) is 7.64. The van der Waals surface area contributed by atoms with E-state index in [1.54, 1.807) is 0 Å². The molecule has 1 atom stereocenters. The third-order valence-corrected chi connectivity index (χ3v) is 3.41. The van der Waals surface area contributed by atoms with Gasteiger partial charge in [0.05, 0.1) is 6.61 Å². The highest BCUT2D eigenvalue weighted by Gasteiger charge is 2.35. The Morgan fingerprint density at radius 1 is 1.31 bits per heavy atom. The minimum absolute atomic E-state index is 0.0435. The van der Waals surface area contributed by atoms with Crippen LogP contribution in [0.1, 0.15) is 38.7 Å². The summed E-state index contributed by atoms with van der Waals surface area (Å²) in [7, 11) is 0. The van der Waals surface area contributed by atoms with E-state index < -0.39 is 0 Å². The Balaban J connectivity index is 2.18. The fraction of sp³-hybridized carbons (Fsp3) is 0.500.